The Morgan fingerprint density at radius 1 is 1.27 bits per heavy atom. The van der Waals surface area contributed by atoms with Crippen LogP contribution in [0.4, 0.5) is 0 Å². The van der Waals surface area contributed by atoms with Crippen molar-refractivity contribution in [2.75, 3.05) is 13.2 Å². The van der Waals surface area contributed by atoms with E-state index < -0.39 is 23.5 Å². The quantitative estimate of drug-likeness (QED) is 0.237. The minimum atomic E-state index is -0.791. The van der Waals surface area contributed by atoms with Crippen LogP contribution in [0.2, 0.25) is 5.02 Å². The van der Waals surface area contributed by atoms with E-state index in [0.29, 0.717) is 37.4 Å². The van der Waals surface area contributed by atoms with E-state index in [0.717, 1.165) is 0 Å². The van der Waals surface area contributed by atoms with Gasteiger partial charge in [0.25, 0.3) is 5.91 Å². The number of pyridine rings is 1. The van der Waals surface area contributed by atoms with Crippen molar-refractivity contribution >= 4 is 29.1 Å². The minimum Gasteiger partial charge on any atom is -0.872 e. The number of benzene rings is 1. The average molecular weight is 467 g/mol. The molecule has 0 saturated carbocycles. The van der Waals surface area contributed by atoms with Crippen molar-refractivity contribution in [2.24, 2.45) is 0 Å². The van der Waals surface area contributed by atoms with Crippen molar-refractivity contribution in [2.45, 2.75) is 25.9 Å². The highest BCUT2D eigenvalue weighted by molar-refractivity contribution is 6.46. The molecule has 1 unspecified atom stereocenters. The Hall–Kier alpha value is -3.65. The maximum absolute atomic E-state index is 13.5. The summed E-state index contributed by atoms with van der Waals surface area (Å²) in [5, 5.41) is 13.7. The topological polar surface area (TPSA) is 102 Å². The molecule has 1 saturated heterocycles. The van der Waals surface area contributed by atoms with Crippen LogP contribution in [-0.4, -0.2) is 39.7 Å². The van der Waals surface area contributed by atoms with E-state index in [2.05, 4.69) is 9.97 Å². The molecule has 0 radical (unpaired) electrons. The van der Waals surface area contributed by atoms with Crippen molar-refractivity contribution < 1.29 is 24.0 Å². The number of likely N-dealkylation sites (tertiary alicyclic amines) is 1. The Labute approximate surface area is 196 Å². The highest BCUT2D eigenvalue weighted by Gasteiger charge is 2.43. The summed E-state index contributed by atoms with van der Waals surface area (Å²) >= 11 is 6.26. The highest BCUT2D eigenvalue weighted by Crippen LogP contribution is 2.39. The van der Waals surface area contributed by atoms with E-state index in [4.69, 9.17) is 16.3 Å². The zero-order valence-electron chi connectivity index (χ0n) is 18.0. The molecule has 1 amide bonds. The maximum Gasteiger partial charge on any atom is 0.295 e. The maximum atomic E-state index is 13.5. The molecule has 170 valence electrons. The van der Waals surface area contributed by atoms with E-state index in [1.165, 1.54) is 11.0 Å². The number of nitrogens with one attached hydrogen (secondary N) is 1. The fourth-order valence-electron chi connectivity index (χ4n) is 3.95. The van der Waals surface area contributed by atoms with Crippen LogP contribution in [-0.2, 0) is 16.1 Å². The summed E-state index contributed by atoms with van der Waals surface area (Å²) in [5.41, 5.74) is 0.794. The van der Waals surface area contributed by atoms with Gasteiger partial charge < -0.3 is 14.7 Å². The lowest BCUT2D eigenvalue weighted by Gasteiger charge is -2.27. The lowest BCUT2D eigenvalue weighted by molar-refractivity contribution is -0.695. The van der Waals surface area contributed by atoms with Gasteiger partial charge >= 0.3 is 0 Å². The first-order valence-electron chi connectivity index (χ1n) is 10.6. The van der Waals surface area contributed by atoms with Crippen molar-refractivity contribution in [1.82, 2.24) is 14.9 Å². The minimum absolute atomic E-state index is 0.0827. The monoisotopic (exact) mass is 466 g/mol. The van der Waals surface area contributed by atoms with Gasteiger partial charge in [0.15, 0.2) is 0 Å². The Bertz CT molecular complexity index is 1180. The van der Waals surface area contributed by atoms with E-state index >= 15 is 0 Å². The van der Waals surface area contributed by atoms with Crippen molar-refractivity contribution in [3.63, 3.8) is 0 Å². The summed E-state index contributed by atoms with van der Waals surface area (Å²) < 4.78 is 7.37. The third-order valence-electron chi connectivity index (χ3n) is 5.46. The van der Waals surface area contributed by atoms with Crippen LogP contribution in [0.1, 0.15) is 30.5 Å². The largest absolute Gasteiger partial charge is 0.872 e. The van der Waals surface area contributed by atoms with E-state index in [9.17, 15) is 14.7 Å². The number of halogens is 1. The molecule has 0 aliphatic carbocycles. The normalized spacial score (nSPS) is 17.5. The van der Waals surface area contributed by atoms with Crippen molar-refractivity contribution in [3.05, 3.63) is 83.2 Å². The number of ketones is 1. The molecule has 0 spiro atoms. The molecule has 9 heteroatoms. The number of aromatic amines is 1. The summed E-state index contributed by atoms with van der Waals surface area (Å²) in [7, 11) is 0. The van der Waals surface area contributed by atoms with Gasteiger partial charge in [-0.1, -0.05) is 23.4 Å². The highest BCUT2D eigenvalue weighted by atomic mass is 35.5. The molecule has 1 aliphatic heterocycles. The van der Waals surface area contributed by atoms with Crippen LogP contribution in [0, 0.1) is 0 Å². The molecule has 1 fully saturated rings. The Morgan fingerprint density at radius 2 is 2.06 bits per heavy atom. The zero-order chi connectivity index (χ0) is 23.4. The first-order valence-corrected chi connectivity index (χ1v) is 11.0. The van der Waals surface area contributed by atoms with E-state index in [-0.39, 0.29) is 16.2 Å². The summed E-state index contributed by atoms with van der Waals surface area (Å²) in [6, 6.07) is 7.25. The summed E-state index contributed by atoms with van der Waals surface area (Å²) in [6.07, 6.45) is 9.26. The number of imidazole rings is 1. The SMILES string of the molecule is CCOc1ccc(C([O-])=C2C(=O)C(=O)N(CCC[n+]3cc[nH]c3)C2c2ccncc2)cc1Cl. The van der Waals surface area contributed by atoms with Gasteiger partial charge in [-0.3, -0.25) is 19.6 Å². The van der Waals surface area contributed by atoms with Crippen molar-refractivity contribution in [1.29, 1.82) is 0 Å². The second-order valence-electron chi connectivity index (χ2n) is 7.53. The molecule has 2 aromatic heterocycles. The van der Waals surface area contributed by atoms with Crippen LogP contribution in [0.25, 0.3) is 5.76 Å². The Morgan fingerprint density at radius 3 is 2.73 bits per heavy atom. The molecule has 8 nitrogen and oxygen atoms in total. The number of amides is 1. The molecule has 3 aromatic rings. The lowest BCUT2D eigenvalue weighted by Crippen LogP contribution is -2.36. The molecular weight excluding hydrogens is 444 g/mol. The standard InChI is InChI=1S/C24H23ClN4O4/c1-2-33-19-5-4-17(14-18(19)25)22(30)20-21(16-6-8-26-9-7-16)29(24(32)23(20)31)12-3-11-28-13-10-27-15-28/h4-10,13-15,21H,2-3,11-12H2,1H3,(H,30,31). The number of rotatable bonds is 8. The van der Waals surface area contributed by atoms with Gasteiger partial charge in [-0.2, -0.15) is 0 Å². The first-order chi connectivity index (χ1) is 16.0. The zero-order valence-corrected chi connectivity index (χ0v) is 18.8. The van der Waals surface area contributed by atoms with Crippen LogP contribution >= 0.6 is 11.6 Å². The number of Topliss-reactive ketones (excluding diaryl/α,β-unsaturated/α-hetero) is 1. The first kappa shape index (κ1) is 22.5. The van der Waals surface area contributed by atoms with Crippen LogP contribution < -0.4 is 14.4 Å². The van der Waals surface area contributed by atoms with E-state index in [1.54, 1.807) is 42.9 Å². The predicted molar refractivity (Wildman–Crippen MR) is 119 cm³/mol. The number of H-pyrrole nitrogens is 1. The lowest BCUT2D eigenvalue weighted by atomic mass is 9.96. The second-order valence-corrected chi connectivity index (χ2v) is 7.94. The van der Waals surface area contributed by atoms with Gasteiger partial charge in [-0.05, 0) is 42.3 Å². The van der Waals surface area contributed by atoms with Crippen LogP contribution in [0.5, 0.6) is 5.75 Å². The number of nitrogens with zero attached hydrogens (tertiary/aromatic N) is 3. The summed E-state index contributed by atoms with van der Waals surface area (Å²) in [6.45, 7) is 3.23. The number of hydrogen-bond donors (Lipinski definition) is 1. The fraction of sp³-hybridized carbons (Fsp3) is 0.250. The molecule has 1 atom stereocenters. The molecule has 3 heterocycles. The van der Waals surface area contributed by atoms with Crippen molar-refractivity contribution in [3.8, 4) is 5.75 Å². The number of ether oxygens (including phenoxy) is 1. The molecule has 4 rings (SSSR count). The van der Waals surface area contributed by atoms with Gasteiger partial charge in [0, 0.05) is 30.9 Å². The molecule has 0 bridgehead atoms. The third kappa shape index (κ3) is 4.61. The number of hydrogen-bond acceptors (Lipinski definition) is 5. The van der Waals surface area contributed by atoms with Gasteiger partial charge in [-0.25, -0.2) is 4.57 Å². The van der Waals surface area contributed by atoms with E-state index in [1.807, 2.05) is 24.0 Å². The average Bonchev–Trinajstić information content (AvgIpc) is 3.43. The molecular formula is C24H23ClN4O4. The number of carbonyl (C=O) groups is 2. The number of carbonyl (C=O) groups excluding carboxylic acids is 2. The van der Waals surface area contributed by atoms with Gasteiger partial charge in [0.1, 0.15) is 18.1 Å². The molecule has 1 aliphatic rings. The molecule has 33 heavy (non-hydrogen) atoms. The van der Waals surface area contributed by atoms with Gasteiger partial charge in [-0.15, -0.1) is 0 Å². The van der Waals surface area contributed by atoms with Gasteiger partial charge in [0.2, 0.25) is 12.1 Å². The summed E-state index contributed by atoms with van der Waals surface area (Å²) in [5.74, 6) is -1.55. The second kappa shape index (κ2) is 9.87. The Kier molecular flexibility index (Phi) is 6.74. The number of aromatic nitrogens is 3. The summed E-state index contributed by atoms with van der Waals surface area (Å²) in [4.78, 5) is 34.4. The molecule has 1 N–H and O–H groups in total. The third-order valence-corrected chi connectivity index (χ3v) is 5.76. The van der Waals surface area contributed by atoms with Crippen LogP contribution in [0.3, 0.4) is 0 Å². The fourth-order valence-corrected chi connectivity index (χ4v) is 4.18. The van der Waals surface area contributed by atoms with Crippen LogP contribution in [0.15, 0.2) is 67.0 Å². The Balaban J connectivity index is 1.71. The molecule has 1 aromatic carbocycles. The predicted octanol–water partition coefficient (Wildman–Crippen LogP) is 2.06. The number of aryl methyl sites for hydroxylation is 1. The van der Waals surface area contributed by atoms with Gasteiger partial charge in [0.05, 0.1) is 24.2 Å². The smallest absolute Gasteiger partial charge is 0.295 e.